The average molecular weight is 347 g/mol. The normalized spacial score (nSPS) is 21.1. The predicted molar refractivity (Wildman–Crippen MR) is 89.5 cm³/mol. The van der Waals surface area contributed by atoms with E-state index in [-0.39, 0.29) is 18.4 Å². The van der Waals surface area contributed by atoms with Crippen LogP contribution in [0.2, 0.25) is 0 Å². The van der Waals surface area contributed by atoms with Crippen LogP contribution in [0, 0.1) is 18.3 Å². The van der Waals surface area contributed by atoms with Gasteiger partial charge in [-0.2, -0.15) is 5.26 Å². The van der Waals surface area contributed by atoms with Crippen LogP contribution in [0.4, 0.5) is 0 Å². The largest absolute Gasteiger partial charge is 0.337 e. The molecule has 8 heteroatoms. The second kappa shape index (κ2) is 6.49. The summed E-state index contributed by atoms with van der Waals surface area (Å²) < 4.78 is 0. The van der Waals surface area contributed by atoms with Gasteiger partial charge in [0.15, 0.2) is 0 Å². The van der Waals surface area contributed by atoms with E-state index in [9.17, 15) is 9.59 Å². The van der Waals surface area contributed by atoms with Crippen molar-refractivity contribution in [3.63, 3.8) is 0 Å². The fourth-order valence-corrected chi connectivity index (χ4v) is 4.17. The molecule has 0 radical (unpaired) electrons. The van der Waals surface area contributed by atoms with E-state index in [1.807, 2.05) is 14.0 Å². The average Bonchev–Trinajstić information content (AvgIpc) is 3.02. The number of amides is 2. The molecule has 128 valence electrons. The maximum atomic E-state index is 12.9. The van der Waals surface area contributed by atoms with Gasteiger partial charge >= 0.3 is 0 Å². The van der Waals surface area contributed by atoms with Crippen molar-refractivity contribution in [1.29, 1.82) is 5.26 Å². The van der Waals surface area contributed by atoms with Gasteiger partial charge < -0.3 is 9.80 Å². The third kappa shape index (κ3) is 2.78. The first-order chi connectivity index (χ1) is 11.5. The van der Waals surface area contributed by atoms with Gasteiger partial charge in [-0.3, -0.25) is 14.5 Å². The number of nitriles is 1. The first kappa shape index (κ1) is 16.9. The van der Waals surface area contributed by atoms with Gasteiger partial charge in [0.2, 0.25) is 5.91 Å². The fourth-order valence-electron chi connectivity index (χ4n) is 3.58. The zero-order valence-electron chi connectivity index (χ0n) is 14.0. The van der Waals surface area contributed by atoms with Crippen LogP contribution >= 0.6 is 11.3 Å². The Kier molecular flexibility index (Phi) is 4.56. The topological polar surface area (TPSA) is 80.5 Å². The third-order valence-electron chi connectivity index (χ3n) is 5.10. The number of carbonyl (C=O) groups excluding carboxylic acids is 2. The third-order valence-corrected chi connectivity index (χ3v) is 5.87. The second-order valence-electron chi connectivity index (χ2n) is 6.38. The Morgan fingerprint density at radius 1 is 1.38 bits per heavy atom. The Morgan fingerprint density at radius 2 is 2.08 bits per heavy atom. The molecule has 0 N–H and O–H groups in total. The lowest BCUT2D eigenvalue weighted by Crippen LogP contribution is -2.68. The van der Waals surface area contributed by atoms with Gasteiger partial charge in [-0.1, -0.05) is 0 Å². The molecule has 3 rings (SSSR count). The minimum atomic E-state index is -0.579. The molecule has 1 aromatic rings. The van der Waals surface area contributed by atoms with Crippen LogP contribution in [-0.4, -0.2) is 76.8 Å². The molecule has 24 heavy (non-hydrogen) atoms. The van der Waals surface area contributed by atoms with Gasteiger partial charge in [-0.05, 0) is 26.8 Å². The lowest BCUT2D eigenvalue weighted by Gasteiger charge is -2.51. The maximum absolute atomic E-state index is 12.9. The lowest BCUT2D eigenvalue weighted by atomic mass is 9.82. The van der Waals surface area contributed by atoms with Crippen LogP contribution in [0.3, 0.4) is 0 Å². The van der Waals surface area contributed by atoms with Gasteiger partial charge in [-0.15, -0.1) is 11.3 Å². The number of likely N-dealkylation sites (tertiary alicyclic amines) is 1. The molecule has 1 aromatic heterocycles. The number of hydrogen-bond donors (Lipinski definition) is 0. The van der Waals surface area contributed by atoms with Crippen molar-refractivity contribution >= 4 is 23.2 Å². The Balaban J connectivity index is 1.72. The molecule has 3 heterocycles. The number of carbonyl (C=O) groups is 2. The summed E-state index contributed by atoms with van der Waals surface area (Å²) in [5, 5.41) is 11.6. The molecule has 7 nitrogen and oxygen atoms in total. The monoisotopic (exact) mass is 347 g/mol. The molecular formula is C16H21N5O2S. The summed E-state index contributed by atoms with van der Waals surface area (Å²) >= 11 is 1.47. The Labute approximate surface area is 145 Å². The number of rotatable bonds is 2. The minimum Gasteiger partial charge on any atom is -0.337 e. The van der Waals surface area contributed by atoms with Gasteiger partial charge in [0, 0.05) is 31.6 Å². The molecule has 2 fully saturated rings. The molecule has 2 saturated heterocycles. The first-order valence-electron chi connectivity index (χ1n) is 8.07. The Hall–Kier alpha value is -1.98. The summed E-state index contributed by atoms with van der Waals surface area (Å²) in [6, 6.07) is 2.07. The van der Waals surface area contributed by atoms with E-state index in [0.717, 1.165) is 11.6 Å². The summed E-state index contributed by atoms with van der Waals surface area (Å²) in [4.78, 5) is 35.2. The van der Waals surface area contributed by atoms with E-state index >= 15 is 0 Å². The highest BCUT2D eigenvalue weighted by atomic mass is 32.1. The highest BCUT2D eigenvalue weighted by molar-refractivity contribution is 7.09. The molecule has 2 amide bonds. The number of piperidine rings is 1. The van der Waals surface area contributed by atoms with E-state index in [0.29, 0.717) is 38.2 Å². The number of aromatic nitrogens is 1. The second-order valence-corrected chi connectivity index (χ2v) is 7.44. The minimum absolute atomic E-state index is 0.0226. The smallest absolute Gasteiger partial charge is 0.273 e. The van der Waals surface area contributed by atoms with Crippen molar-refractivity contribution in [2.24, 2.45) is 0 Å². The van der Waals surface area contributed by atoms with Crippen LogP contribution in [-0.2, 0) is 4.79 Å². The summed E-state index contributed by atoms with van der Waals surface area (Å²) in [6.07, 6.45) is 1.19. The molecule has 0 bridgehead atoms. The predicted octanol–water partition coefficient (Wildman–Crippen LogP) is 0.724. The van der Waals surface area contributed by atoms with Crippen molar-refractivity contribution in [3.8, 4) is 6.07 Å². The standard InChI is InChI=1S/C16H21N5O2S/c1-12-18-13(11-24-12)14(22)20-6-3-16(4-7-20)15(23)21(8-5-17)10-9-19(16)2/h11H,3-4,6-10H2,1-2H3. The van der Waals surface area contributed by atoms with Gasteiger partial charge in [0.25, 0.3) is 5.91 Å². The molecule has 0 aromatic carbocycles. The molecule has 0 unspecified atom stereocenters. The molecule has 0 atom stereocenters. The molecule has 1 spiro atoms. The van der Waals surface area contributed by atoms with Crippen LogP contribution in [0.25, 0.3) is 0 Å². The van der Waals surface area contributed by atoms with Crippen LogP contribution in [0.1, 0.15) is 28.3 Å². The van der Waals surface area contributed by atoms with Gasteiger partial charge in [0.05, 0.1) is 11.1 Å². The van der Waals surface area contributed by atoms with Gasteiger partial charge in [-0.25, -0.2) is 4.98 Å². The van der Waals surface area contributed by atoms with Crippen LogP contribution < -0.4 is 0 Å². The summed E-state index contributed by atoms with van der Waals surface area (Å²) in [7, 11) is 1.96. The first-order valence-corrected chi connectivity index (χ1v) is 8.95. The zero-order chi connectivity index (χ0) is 17.3. The number of hydrogen-bond acceptors (Lipinski definition) is 6. The van der Waals surface area contributed by atoms with E-state index in [2.05, 4.69) is 16.0 Å². The zero-order valence-corrected chi connectivity index (χ0v) is 14.8. The van der Waals surface area contributed by atoms with Crippen LogP contribution in [0.15, 0.2) is 5.38 Å². The van der Waals surface area contributed by atoms with E-state index < -0.39 is 5.54 Å². The lowest BCUT2D eigenvalue weighted by molar-refractivity contribution is -0.152. The van der Waals surface area contributed by atoms with Crippen molar-refractivity contribution in [3.05, 3.63) is 16.1 Å². The van der Waals surface area contributed by atoms with E-state index in [1.54, 1.807) is 15.2 Å². The van der Waals surface area contributed by atoms with Crippen molar-refractivity contribution in [2.45, 2.75) is 25.3 Å². The number of piperazine rings is 1. The molecular weight excluding hydrogens is 326 g/mol. The SMILES string of the molecule is Cc1nc(C(=O)N2CCC3(CC2)C(=O)N(CC#N)CCN3C)cs1. The summed E-state index contributed by atoms with van der Waals surface area (Å²) in [5.74, 6) is -0.0385. The molecule has 0 aliphatic carbocycles. The van der Waals surface area contributed by atoms with Gasteiger partial charge in [0.1, 0.15) is 17.8 Å². The summed E-state index contributed by atoms with van der Waals surface area (Å²) in [6.45, 7) is 4.43. The fraction of sp³-hybridized carbons (Fsp3) is 0.625. The molecule has 2 aliphatic rings. The number of likely N-dealkylation sites (N-methyl/N-ethyl adjacent to an activating group) is 1. The van der Waals surface area contributed by atoms with Crippen molar-refractivity contribution in [1.82, 2.24) is 19.7 Å². The molecule has 2 aliphatic heterocycles. The van der Waals surface area contributed by atoms with E-state index in [4.69, 9.17) is 5.26 Å². The quantitative estimate of drug-likeness (QED) is 0.737. The number of nitrogens with zero attached hydrogens (tertiary/aromatic N) is 5. The highest BCUT2D eigenvalue weighted by Gasteiger charge is 2.49. The number of aryl methyl sites for hydroxylation is 1. The van der Waals surface area contributed by atoms with Crippen LogP contribution in [0.5, 0.6) is 0 Å². The van der Waals surface area contributed by atoms with E-state index in [1.165, 1.54) is 11.3 Å². The summed E-state index contributed by atoms with van der Waals surface area (Å²) in [5.41, 5.74) is -0.0907. The number of thiazole rings is 1. The van der Waals surface area contributed by atoms with Crippen molar-refractivity contribution in [2.75, 3.05) is 39.8 Å². The Morgan fingerprint density at radius 3 is 2.67 bits per heavy atom. The highest BCUT2D eigenvalue weighted by Crippen LogP contribution is 2.33. The maximum Gasteiger partial charge on any atom is 0.273 e. The molecule has 0 saturated carbocycles. The Bertz CT molecular complexity index is 687. The van der Waals surface area contributed by atoms with Crippen molar-refractivity contribution < 1.29 is 9.59 Å².